The SMILES string of the molecule is CC(=O)O.O=S(=O)(NCCN1CCOCC1)c1cccc(CCCCOCCCCCCNC[C@H](O)c2ccc(O)c(CO)c2)c1. The second-order valence-corrected chi connectivity index (χ2v) is 13.0. The Morgan fingerprint density at radius 1 is 1.00 bits per heavy atom. The van der Waals surface area contributed by atoms with Crippen molar-refractivity contribution in [1.29, 1.82) is 0 Å². The van der Waals surface area contributed by atoms with Crippen molar-refractivity contribution in [3.63, 3.8) is 0 Å². The molecule has 0 radical (unpaired) electrons. The lowest BCUT2D eigenvalue weighted by Gasteiger charge is -2.26. The summed E-state index contributed by atoms with van der Waals surface area (Å²) < 4.78 is 39.2. The van der Waals surface area contributed by atoms with Gasteiger partial charge in [0.2, 0.25) is 10.0 Å². The number of unbranched alkanes of at least 4 members (excludes halogenated alkanes) is 4. The number of morpholine rings is 1. The summed E-state index contributed by atoms with van der Waals surface area (Å²) in [4.78, 5) is 11.5. The Bertz CT molecular complexity index is 1240. The number of benzene rings is 2. The number of carbonyl (C=O) groups is 1. The van der Waals surface area contributed by atoms with Crippen molar-refractivity contribution in [3.8, 4) is 5.75 Å². The largest absolute Gasteiger partial charge is 0.508 e. The van der Waals surface area contributed by atoms with E-state index in [4.69, 9.17) is 19.4 Å². The van der Waals surface area contributed by atoms with E-state index in [0.29, 0.717) is 55.5 Å². The van der Waals surface area contributed by atoms with Crippen LogP contribution >= 0.6 is 0 Å². The lowest BCUT2D eigenvalue weighted by Crippen LogP contribution is -2.41. The van der Waals surface area contributed by atoms with E-state index in [9.17, 15) is 23.7 Å². The fraction of sp³-hybridized carbons (Fsp3) is 0.606. The second-order valence-electron chi connectivity index (χ2n) is 11.3. The number of phenols is 1. The van der Waals surface area contributed by atoms with Crippen LogP contribution in [0, 0.1) is 0 Å². The molecule has 12 nitrogen and oxygen atoms in total. The lowest BCUT2D eigenvalue weighted by atomic mass is 10.1. The molecule has 2 aromatic rings. The van der Waals surface area contributed by atoms with Crippen molar-refractivity contribution in [2.45, 2.75) is 69.5 Å². The third kappa shape index (κ3) is 16.8. The van der Waals surface area contributed by atoms with Crippen molar-refractivity contribution < 1.29 is 43.1 Å². The number of aromatic hydroxyl groups is 1. The maximum atomic E-state index is 12.7. The van der Waals surface area contributed by atoms with Gasteiger partial charge in [0.1, 0.15) is 5.75 Å². The van der Waals surface area contributed by atoms with Crippen LogP contribution in [-0.2, 0) is 37.3 Å². The van der Waals surface area contributed by atoms with Crippen LogP contribution in [0.4, 0.5) is 0 Å². The molecule has 0 aliphatic carbocycles. The van der Waals surface area contributed by atoms with Crippen LogP contribution in [0.15, 0.2) is 47.4 Å². The Morgan fingerprint density at radius 3 is 2.41 bits per heavy atom. The molecule has 0 bridgehead atoms. The number of hydrogen-bond acceptors (Lipinski definition) is 10. The van der Waals surface area contributed by atoms with Crippen LogP contribution in [0.5, 0.6) is 5.75 Å². The van der Waals surface area contributed by atoms with E-state index in [-0.39, 0.29) is 12.4 Å². The van der Waals surface area contributed by atoms with Crippen LogP contribution in [0.3, 0.4) is 0 Å². The summed E-state index contributed by atoms with van der Waals surface area (Å²) in [7, 11) is -3.52. The van der Waals surface area contributed by atoms with Crippen LogP contribution < -0.4 is 10.0 Å². The second kappa shape index (κ2) is 22.8. The third-order valence-corrected chi connectivity index (χ3v) is 8.88. The topological polar surface area (TPSA) is 178 Å². The number of aliphatic hydroxyl groups excluding tert-OH is 2. The Morgan fingerprint density at radius 2 is 1.70 bits per heavy atom. The number of ether oxygens (including phenoxy) is 2. The van der Waals surface area contributed by atoms with Gasteiger partial charge in [0.15, 0.2) is 0 Å². The van der Waals surface area contributed by atoms with Gasteiger partial charge in [-0.05, 0) is 74.0 Å². The van der Waals surface area contributed by atoms with Crippen LogP contribution in [0.25, 0.3) is 0 Å². The predicted molar refractivity (Wildman–Crippen MR) is 176 cm³/mol. The van der Waals surface area contributed by atoms with Gasteiger partial charge in [-0.15, -0.1) is 0 Å². The molecular formula is C33H53N3O9S. The molecule has 260 valence electrons. The minimum atomic E-state index is -3.52. The highest BCUT2D eigenvalue weighted by Crippen LogP contribution is 2.22. The minimum Gasteiger partial charge on any atom is -0.508 e. The number of carboxylic acid groups (broad SMARTS) is 1. The molecule has 1 aliphatic heterocycles. The van der Waals surface area contributed by atoms with Crippen LogP contribution in [0.2, 0.25) is 0 Å². The van der Waals surface area contributed by atoms with E-state index in [1.807, 2.05) is 12.1 Å². The average Bonchev–Trinajstić information content (AvgIpc) is 3.03. The summed E-state index contributed by atoms with van der Waals surface area (Å²) >= 11 is 0. The zero-order valence-electron chi connectivity index (χ0n) is 27.0. The molecule has 0 saturated carbocycles. The van der Waals surface area contributed by atoms with Gasteiger partial charge in [0.05, 0.1) is 30.8 Å². The van der Waals surface area contributed by atoms with E-state index in [2.05, 4.69) is 14.9 Å². The molecular weight excluding hydrogens is 614 g/mol. The Hall–Kier alpha value is -2.62. The summed E-state index contributed by atoms with van der Waals surface area (Å²) in [6.45, 7) is 7.65. The first-order valence-corrected chi connectivity index (χ1v) is 17.6. The Balaban J connectivity index is 0.00000173. The zero-order chi connectivity index (χ0) is 33.6. The fourth-order valence-corrected chi connectivity index (χ4v) is 5.94. The van der Waals surface area contributed by atoms with Crippen molar-refractivity contribution in [2.24, 2.45) is 0 Å². The molecule has 2 aromatic carbocycles. The summed E-state index contributed by atoms with van der Waals surface area (Å²) in [6, 6.07) is 12.0. The number of rotatable bonds is 21. The molecule has 46 heavy (non-hydrogen) atoms. The average molecular weight is 668 g/mol. The van der Waals surface area contributed by atoms with Crippen molar-refractivity contribution in [2.75, 3.05) is 65.7 Å². The van der Waals surface area contributed by atoms with Crippen LogP contribution in [0.1, 0.15) is 68.2 Å². The van der Waals surface area contributed by atoms with Gasteiger partial charge in [-0.3, -0.25) is 9.69 Å². The number of sulfonamides is 1. The smallest absolute Gasteiger partial charge is 0.300 e. The Kier molecular flexibility index (Phi) is 19.6. The summed E-state index contributed by atoms with van der Waals surface area (Å²) in [5.74, 6) is -0.801. The monoisotopic (exact) mass is 667 g/mol. The van der Waals surface area contributed by atoms with Gasteiger partial charge in [0, 0.05) is 58.4 Å². The summed E-state index contributed by atoms with van der Waals surface area (Å²) in [5, 5.41) is 39.9. The predicted octanol–water partition coefficient (Wildman–Crippen LogP) is 2.81. The first kappa shape index (κ1) is 39.6. The number of aliphatic hydroxyl groups is 2. The highest BCUT2D eigenvalue weighted by Gasteiger charge is 2.16. The maximum absolute atomic E-state index is 12.7. The number of carboxylic acids is 1. The van der Waals surface area contributed by atoms with Crippen molar-refractivity contribution in [3.05, 3.63) is 59.2 Å². The van der Waals surface area contributed by atoms with E-state index in [0.717, 1.165) is 83.7 Å². The van der Waals surface area contributed by atoms with Crippen molar-refractivity contribution >= 4 is 16.0 Å². The van der Waals surface area contributed by atoms with Gasteiger partial charge in [-0.25, -0.2) is 13.1 Å². The lowest BCUT2D eigenvalue weighted by molar-refractivity contribution is -0.134. The highest BCUT2D eigenvalue weighted by molar-refractivity contribution is 7.89. The molecule has 6 N–H and O–H groups in total. The molecule has 1 aliphatic rings. The maximum Gasteiger partial charge on any atom is 0.300 e. The van der Waals surface area contributed by atoms with Gasteiger partial charge in [-0.2, -0.15) is 0 Å². The number of aliphatic carboxylic acids is 1. The zero-order valence-corrected chi connectivity index (χ0v) is 27.8. The molecule has 3 rings (SSSR count). The third-order valence-electron chi connectivity index (χ3n) is 7.43. The first-order chi connectivity index (χ1) is 22.1. The standard InChI is InChI=1S/C31H49N3O7S.C2H4O2/c35-25-28-23-27(11-12-30(28)36)31(37)24-32-13-4-1-2-5-18-40-19-6-3-8-26-9-7-10-29(22-26)42(38,39)33-14-15-34-16-20-41-21-17-34;1-2(3)4/h7,9-12,22-23,31-33,35-37H,1-6,8,13-21,24-25H2;1H3,(H,3,4)/t31-;/m0./s1. The number of aryl methyl sites for hydroxylation is 1. The van der Waals surface area contributed by atoms with Crippen molar-refractivity contribution in [1.82, 2.24) is 14.9 Å². The molecule has 13 heteroatoms. The molecule has 1 saturated heterocycles. The molecule has 0 spiro atoms. The van der Waals surface area contributed by atoms with Crippen LogP contribution in [-0.4, -0.2) is 105 Å². The Labute approximate surface area is 273 Å². The summed E-state index contributed by atoms with van der Waals surface area (Å²) in [6.07, 6.45) is 6.21. The molecule has 0 amide bonds. The highest BCUT2D eigenvalue weighted by atomic mass is 32.2. The van der Waals surface area contributed by atoms with Gasteiger partial charge in [-0.1, -0.05) is 31.0 Å². The minimum absolute atomic E-state index is 0.0326. The molecule has 1 fully saturated rings. The number of hydrogen-bond donors (Lipinski definition) is 6. The molecule has 0 aromatic heterocycles. The fourth-order valence-electron chi connectivity index (χ4n) is 4.85. The molecule has 1 atom stereocenters. The summed E-state index contributed by atoms with van der Waals surface area (Å²) in [5.41, 5.74) is 2.10. The van der Waals surface area contributed by atoms with E-state index in [1.165, 1.54) is 6.07 Å². The van der Waals surface area contributed by atoms with E-state index >= 15 is 0 Å². The van der Waals surface area contributed by atoms with Gasteiger partial charge in [0.25, 0.3) is 5.97 Å². The number of nitrogens with one attached hydrogen (secondary N) is 2. The number of nitrogens with zero attached hydrogens (tertiary/aromatic N) is 1. The van der Waals surface area contributed by atoms with E-state index < -0.39 is 22.1 Å². The van der Waals surface area contributed by atoms with Gasteiger partial charge >= 0.3 is 0 Å². The normalized spacial score (nSPS) is 14.4. The van der Waals surface area contributed by atoms with E-state index in [1.54, 1.807) is 24.3 Å². The van der Waals surface area contributed by atoms with Gasteiger partial charge < -0.3 is 35.2 Å². The molecule has 0 unspecified atom stereocenters. The molecule has 1 heterocycles. The quantitative estimate of drug-likeness (QED) is 0.108. The first-order valence-electron chi connectivity index (χ1n) is 16.1.